The zero-order valence-electron chi connectivity index (χ0n) is 14.2. The molecule has 0 N–H and O–H groups in total. The maximum Gasteiger partial charge on any atom is 0.163 e. The van der Waals surface area contributed by atoms with E-state index in [9.17, 15) is 0 Å². The second-order valence-electron chi connectivity index (χ2n) is 6.65. The Hall–Kier alpha value is -2.75. The molecule has 1 aliphatic heterocycles. The molecule has 2 aliphatic rings. The van der Waals surface area contributed by atoms with E-state index < -0.39 is 0 Å². The van der Waals surface area contributed by atoms with Crippen molar-refractivity contribution >= 4 is 11.6 Å². The van der Waals surface area contributed by atoms with Crippen LogP contribution in [0.5, 0.6) is 0 Å². The number of anilines is 2. The van der Waals surface area contributed by atoms with Crippen LogP contribution in [0.15, 0.2) is 24.5 Å². The summed E-state index contributed by atoms with van der Waals surface area (Å²) in [6.45, 7) is 3.66. The average Bonchev–Trinajstić information content (AvgIpc) is 2.87. The second kappa shape index (κ2) is 7.01. The molecule has 0 spiro atoms. The molecule has 2 aromatic heterocycles. The van der Waals surface area contributed by atoms with Crippen LogP contribution in [0.1, 0.15) is 43.0 Å². The van der Waals surface area contributed by atoms with E-state index >= 15 is 0 Å². The lowest BCUT2D eigenvalue weighted by molar-refractivity contribution is 0.410. The smallest absolute Gasteiger partial charge is 0.163 e. The Morgan fingerprint density at radius 1 is 0.920 bits per heavy atom. The summed E-state index contributed by atoms with van der Waals surface area (Å²) in [5.74, 6) is 2.49. The molecule has 1 aliphatic carbocycles. The first-order chi connectivity index (χ1) is 12.3. The van der Waals surface area contributed by atoms with Gasteiger partial charge in [-0.05, 0) is 31.4 Å². The van der Waals surface area contributed by atoms with Crippen molar-refractivity contribution in [1.82, 2.24) is 20.2 Å². The van der Waals surface area contributed by atoms with Gasteiger partial charge in [-0.1, -0.05) is 6.42 Å². The third-order valence-electron chi connectivity index (χ3n) is 5.11. The molecule has 3 heterocycles. The van der Waals surface area contributed by atoms with Gasteiger partial charge in [0.25, 0.3) is 0 Å². The van der Waals surface area contributed by atoms with Gasteiger partial charge in [-0.15, -0.1) is 10.2 Å². The number of nitriles is 1. The van der Waals surface area contributed by atoms with Gasteiger partial charge < -0.3 is 9.80 Å². The highest BCUT2D eigenvalue weighted by Crippen LogP contribution is 2.35. The maximum atomic E-state index is 8.84. The molecule has 128 valence electrons. The largest absolute Gasteiger partial charge is 0.355 e. The van der Waals surface area contributed by atoms with Gasteiger partial charge in [-0.3, -0.25) is 0 Å². The zero-order valence-corrected chi connectivity index (χ0v) is 14.2. The molecule has 0 radical (unpaired) electrons. The molecule has 7 heteroatoms. The molecule has 0 atom stereocenters. The lowest BCUT2D eigenvalue weighted by Gasteiger charge is -2.27. The van der Waals surface area contributed by atoms with E-state index in [1.165, 1.54) is 25.0 Å². The van der Waals surface area contributed by atoms with Crippen LogP contribution < -0.4 is 9.80 Å². The van der Waals surface area contributed by atoms with Gasteiger partial charge in [0.1, 0.15) is 18.2 Å². The van der Waals surface area contributed by atoms with Gasteiger partial charge >= 0.3 is 0 Å². The quantitative estimate of drug-likeness (QED) is 0.849. The molecule has 1 saturated heterocycles. The fraction of sp³-hybridized carbons (Fsp3) is 0.500. The van der Waals surface area contributed by atoms with Gasteiger partial charge in [-0.25, -0.2) is 9.97 Å². The Labute approximate surface area is 147 Å². The number of aromatic nitrogens is 4. The minimum absolute atomic E-state index is 0.352. The first kappa shape index (κ1) is 15.8. The molecule has 0 amide bonds. The van der Waals surface area contributed by atoms with E-state index in [-0.39, 0.29) is 0 Å². The van der Waals surface area contributed by atoms with E-state index in [1.807, 2.05) is 12.1 Å². The van der Waals surface area contributed by atoms with Crippen molar-refractivity contribution in [3.63, 3.8) is 0 Å². The number of nitrogens with zero attached hydrogens (tertiary/aromatic N) is 7. The van der Waals surface area contributed by atoms with Gasteiger partial charge in [0, 0.05) is 43.9 Å². The third-order valence-corrected chi connectivity index (χ3v) is 5.11. The number of hydrogen-bond acceptors (Lipinski definition) is 7. The van der Waals surface area contributed by atoms with Crippen LogP contribution in [-0.4, -0.2) is 46.3 Å². The van der Waals surface area contributed by atoms with E-state index in [4.69, 9.17) is 5.26 Å². The predicted molar refractivity (Wildman–Crippen MR) is 94.4 cm³/mol. The first-order valence-corrected chi connectivity index (χ1v) is 8.89. The Morgan fingerprint density at radius 3 is 2.36 bits per heavy atom. The fourth-order valence-corrected chi connectivity index (χ4v) is 3.39. The SMILES string of the molecule is N#Cc1ccc(N2CCCN(c3cc(C4CCC4)ncn3)CC2)nn1. The van der Waals surface area contributed by atoms with Gasteiger partial charge in [0.15, 0.2) is 11.5 Å². The van der Waals surface area contributed by atoms with Crippen LogP contribution in [0.25, 0.3) is 0 Å². The lowest BCUT2D eigenvalue weighted by Crippen LogP contribution is -2.31. The molecule has 25 heavy (non-hydrogen) atoms. The van der Waals surface area contributed by atoms with Crippen molar-refractivity contribution in [2.24, 2.45) is 0 Å². The standard InChI is InChI=1S/C18H21N7/c19-12-15-5-6-17(23-22-15)24-7-2-8-25(10-9-24)18-11-16(20-13-21-18)14-3-1-4-14/h5-6,11,13-14H,1-4,7-10H2. The van der Waals surface area contributed by atoms with Crippen molar-refractivity contribution in [1.29, 1.82) is 5.26 Å². The van der Waals surface area contributed by atoms with Crippen LogP contribution >= 0.6 is 0 Å². The van der Waals surface area contributed by atoms with Crippen molar-refractivity contribution in [2.45, 2.75) is 31.6 Å². The minimum atomic E-state index is 0.352. The summed E-state index contributed by atoms with van der Waals surface area (Å²) in [6.07, 6.45) is 6.56. The highest BCUT2D eigenvalue weighted by Gasteiger charge is 2.23. The van der Waals surface area contributed by atoms with Gasteiger partial charge in [0.05, 0.1) is 0 Å². The minimum Gasteiger partial charge on any atom is -0.355 e. The summed E-state index contributed by atoms with van der Waals surface area (Å²) in [6, 6.07) is 7.77. The van der Waals surface area contributed by atoms with E-state index in [0.717, 1.165) is 44.2 Å². The highest BCUT2D eigenvalue weighted by atomic mass is 15.3. The van der Waals surface area contributed by atoms with E-state index in [1.54, 1.807) is 12.4 Å². The Bertz CT molecular complexity index is 764. The molecular formula is C18H21N7. The van der Waals surface area contributed by atoms with Crippen LogP contribution in [0, 0.1) is 11.3 Å². The van der Waals surface area contributed by atoms with Gasteiger partial charge in [0.2, 0.25) is 0 Å². The summed E-state index contributed by atoms with van der Waals surface area (Å²) in [5, 5.41) is 17.0. The maximum absolute atomic E-state index is 8.84. The molecule has 2 aromatic rings. The van der Waals surface area contributed by atoms with Crippen molar-refractivity contribution in [3.8, 4) is 6.07 Å². The molecule has 7 nitrogen and oxygen atoms in total. The Balaban J connectivity index is 1.45. The van der Waals surface area contributed by atoms with E-state index in [2.05, 4.69) is 36.0 Å². The summed E-state index contributed by atoms with van der Waals surface area (Å²) in [7, 11) is 0. The summed E-state index contributed by atoms with van der Waals surface area (Å²) in [5.41, 5.74) is 1.54. The Kier molecular flexibility index (Phi) is 4.42. The molecule has 0 bridgehead atoms. The summed E-state index contributed by atoms with van der Waals surface area (Å²) in [4.78, 5) is 13.5. The zero-order chi connectivity index (χ0) is 17.1. The highest BCUT2D eigenvalue weighted by molar-refractivity contribution is 5.43. The normalized spacial score (nSPS) is 18.4. The lowest BCUT2D eigenvalue weighted by atomic mass is 9.83. The van der Waals surface area contributed by atoms with E-state index in [0.29, 0.717) is 11.6 Å². The topological polar surface area (TPSA) is 81.8 Å². The van der Waals surface area contributed by atoms with Crippen LogP contribution in [0.3, 0.4) is 0 Å². The molecule has 0 unspecified atom stereocenters. The van der Waals surface area contributed by atoms with Crippen molar-refractivity contribution in [3.05, 3.63) is 35.9 Å². The third kappa shape index (κ3) is 3.38. The fourth-order valence-electron chi connectivity index (χ4n) is 3.39. The van der Waals surface area contributed by atoms with Crippen LogP contribution in [0.4, 0.5) is 11.6 Å². The van der Waals surface area contributed by atoms with Gasteiger partial charge in [-0.2, -0.15) is 5.26 Å². The molecule has 1 saturated carbocycles. The summed E-state index contributed by atoms with van der Waals surface area (Å²) < 4.78 is 0. The molecular weight excluding hydrogens is 314 g/mol. The van der Waals surface area contributed by atoms with Crippen molar-refractivity contribution < 1.29 is 0 Å². The molecule has 4 rings (SSSR count). The van der Waals surface area contributed by atoms with Crippen molar-refractivity contribution in [2.75, 3.05) is 36.0 Å². The summed E-state index contributed by atoms with van der Waals surface area (Å²) >= 11 is 0. The predicted octanol–water partition coefficient (Wildman–Crippen LogP) is 2.12. The van der Waals surface area contributed by atoms with Crippen LogP contribution in [0.2, 0.25) is 0 Å². The molecule has 2 fully saturated rings. The first-order valence-electron chi connectivity index (χ1n) is 8.89. The monoisotopic (exact) mass is 335 g/mol. The molecule has 0 aromatic carbocycles. The average molecular weight is 335 g/mol. The number of hydrogen-bond donors (Lipinski definition) is 0. The number of rotatable bonds is 3. The second-order valence-corrected chi connectivity index (χ2v) is 6.65. The van der Waals surface area contributed by atoms with Crippen LogP contribution in [-0.2, 0) is 0 Å². The Morgan fingerprint density at radius 2 is 1.72 bits per heavy atom.